The first-order valence-corrected chi connectivity index (χ1v) is 8.83. The van der Waals surface area contributed by atoms with E-state index in [0.717, 1.165) is 18.9 Å². The standard InChI is InChI=1S/C10H14Cl2Si/c1-9-5-2-3-6-10(9)7-4-8-13(11)12/h2-3,5-6,13H,4,7-8H2,1H3. The predicted molar refractivity (Wildman–Crippen MR) is 63.2 cm³/mol. The number of hydrogen-bond donors (Lipinski definition) is 0. The van der Waals surface area contributed by atoms with Gasteiger partial charge in [-0.25, -0.2) is 0 Å². The summed E-state index contributed by atoms with van der Waals surface area (Å²) in [5.74, 6) is 0. The summed E-state index contributed by atoms with van der Waals surface area (Å²) >= 11 is 11.6. The van der Waals surface area contributed by atoms with Crippen LogP contribution in [0.4, 0.5) is 0 Å². The second-order valence-electron chi connectivity index (χ2n) is 3.21. The fraction of sp³-hybridized carbons (Fsp3) is 0.400. The molecule has 1 aromatic rings. The van der Waals surface area contributed by atoms with Crippen molar-refractivity contribution >= 4 is 29.6 Å². The van der Waals surface area contributed by atoms with Gasteiger partial charge in [0, 0.05) is 0 Å². The number of halogens is 2. The van der Waals surface area contributed by atoms with Gasteiger partial charge in [-0.05, 0) is 36.9 Å². The summed E-state index contributed by atoms with van der Waals surface area (Å²) in [6.07, 6.45) is 2.23. The average Bonchev–Trinajstić information content (AvgIpc) is 2.08. The largest absolute Gasteiger partial charge is 0.237 e. The summed E-state index contributed by atoms with van der Waals surface area (Å²) in [6.45, 7) is 2.14. The quantitative estimate of drug-likeness (QED) is 0.550. The van der Waals surface area contributed by atoms with E-state index in [4.69, 9.17) is 22.2 Å². The third-order valence-corrected chi connectivity index (χ3v) is 4.28. The Kier molecular flexibility index (Phi) is 4.85. The molecule has 0 heterocycles. The summed E-state index contributed by atoms with van der Waals surface area (Å²) < 4.78 is 0. The van der Waals surface area contributed by atoms with Crippen molar-refractivity contribution in [2.75, 3.05) is 0 Å². The Balaban J connectivity index is 2.41. The second-order valence-corrected chi connectivity index (χ2v) is 8.40. The molecular weight excluding hydrogens is 219 g/mol. The highest BCUT2D eigenvalue weighted by Crippen LogP contribution is 2.13. The van der Waals surface area contributed by atoms with Crippen LogP contribution in [0.15, 0.2) is 24.3 Å². The molecule has 1 aromatic carbocycles. The molecule has 0 bridgehead atoms. The Labute approximate surface area is 90.9 Å². The van der Waals surface area contributed by atoms with Crippen LogP contribution < -0.4 is 0 Å². The SMILES string of the molecule is Cc1ccccc1CCC[SiH](Cl)Cl. The fourth-order valence-corrected chi connectivity index (χ4v) is 2.78. The highest BCUT2D eigenvalue weighted by atomic mass is 35.7. The first-order chi connectivity index (χ1) is 6.20. The van der Waals surface area contributed by atoms with Crippen molar-refractivity contribution in [3.8, 4) is 0 Å². The highest BCUT2D eigenvalue weighted by Gasteiger charge is 2.02. The van der Waals surface area contributed by atoms with Crippen molar-refractivity contribution in [2.45, 2.75) is 25.8 Å². The summed E-state index contributed by atoms with van der Waals surface area (Å²) in [4.78, 5) is 0. The Morgan fingerprint density at radius 1 is 1.23 bits per heavy atom. The minimum absolute atomic E-state index is 1.01. The zero-order valence-corrected chi connectivity index (χ0v) is 10.4. The van der Waals surface area contributed by atoms with Crippen LogP contribution in [0, 0.1) is 6.92 Å². The molecule has 0 aliphatic carbocycles. The summed E-state index contributed by atoms with van der Waals surface area (Å²) in [5, 5.41) is 0. The molecule has 0 amide bonds. The first-order valence-electron chi connectivity index (χ1n) is 4.53. The molecule has 0 atom stereocenters. The van der Waals surface area contributed by atoms with E-state index < -0.39 is 7.42 Å². The number of benzene rings is 1. The fourth-order valence-electron chi connectivity index (χ4n) is 1.34. The van der Waals surface area contributed by atoms with Crippen LogP contribution >= 0.6 is 22.2 Å². The Bertz CT molecular complexity index is 261. The molecule has 0 N–H and O–H groups in total. The van der Waals surface area contributed by atoms with Crippen molar-refractivity contribution in [3.05, 3.63) is 35.4 Å². The molecule has 0 aliphatic rings. The summed E-state index contributed by atoms with van der Waals surface area (Å²) in [6, 6.07) is 9.48. The van der Waals surface area contributed by atoms with E-state index in [2.05, 4.69) is 31.2 Å². The van der Waals surface area contributed by atoms with Crippen LogP contribution in [0.5, 0.6) is 0 Å². The molecule has 13 heavy (non-hydrogen) atoms. The average molecular weight is 233 g/mol. The van der Waals surface area contributed by atoms with Crippen LogP contribution in [0.2, 0.25) is 6.04 Å². The van der Waals surface area contributed by atoms with Crippen molar-refractivity contribution in [2.24, 2.45) is 0 Å². The molecular formula is C10H14Cl2Si. The van der Waals surface area contributed by atoms with Gasteiger partial charge in [-0.1, -0.05) is 24.3 Å². The zero-order chi connectivity index (χ0) is 9.68. The van der Waals surface area contributed by atoms with Crippen molar-refractivity contribution in [1.29, 1.82) is 0 Å². The molecule has 0 radical (unpaired) electrons. The Morgan fingerprint density at radius 2 is 1.92 bits per heavy atom. The van der Waals surface area contributed by atoms with Crippen molar-refractivity contribution in [1.82, 2.24) is 0 Å². The van der Waals surface area contributed by atoms with Gasteiger partial charge in [0.05, 0.1) is 0 Å². The lowest BCUT2D eigenvalue weighted by molar-refractivity contribution is 0.908. The third kappa shape index (κ3) is 4.16. The summed E-state index contributed by atoms with van der Waals surface area (Å²) in [5.41, 5.74) is 2.79. The van der Waals surface area contributed by atoms with Crippen LogP contribution in [0.25, 0.3) is 0 Å². The number of rotatable bonds is 4. The zero-order valence-electron chi connectivity index (χ0n) is 7.76. The van der Waals surface area contributed by atoms with Gasteiger partial charge in [-0.2, -0.15) is 22.2 Å². The topological polar surface area (TPSA) is 0 Å². The lowest BCUT2D eigenvalue weighted by Crippen LogP contribution is -1.95. The molecule has 0 aromatic heterocycles. The highest BCUT2D eigenvalue weighted by molar-refractivity contribution is 7.33. The molecule has 0 aliphatic heterocycles. The number of aryl methyl sites for hydroxylation is 2. The van der Waals surface area contributed by atoms with Gasteiger partial charge >= 0.3 is 0 Å². The molecule has 0 nitrogen and oxygen atoms in total. The summed E-state index contributed by atoms with van der Waals surface area (Å²) in [7, 11) is -1.38. The second kappa shape index (κ2) is 5.69. The first kappa shape index (κ1) is 11.1. The maximum Gasteiger partial charge on any atom is 0.237 e. The smallest absolute Gasteiger partial charge is 0.150 e. The van der Waals surface area contributed by atoms with Gasteiger partial charge in [0.25, 0.3) is 0 Å². The minimum Gasteiger partial charge on any atom is -0.150 e. The molecule has 0 saturated carbocycles. The van der Waals surface area contributed by atoms with Gasteiger partial charge in [-0.3, -0.25) is 0 Å². The van der Waals surface area contributed by atoms with Gasteiger partial charge in [0.2, 0.25) is 7.42 Å². The number of hydrogen-bond acceptors (Lipinski definition) is 0. The lowest BCUT2D eigenvalue weighted by Gasteiger charge is -2.04. The molecule has 0 fully saturated rings. The molecule has 1 rings (SSSR count). The Morgan fingerprint density at radius 3 is 2.54 bits per heavy atom. The van der Waals surface area contributed by atoms with Gasteiger partial charge in [0.1, 0.15) is 0 Å². The van der Waals surface area contributed by atoms with Gasteiger partial charge < -0.3 is 0 Å². The van der Waals surface area contributed by atoms with Gasteiger partial charge in [0.15, 0.2) is 0 Å². The van der Waals surface area contributed by atoms with Crippen molar-refractivity contribution < 1.29 is 0 Å². The van der Waals surface area contributed by atoms with Crippen LogP contribution in [-0.4, -0.2) is 7.42 Å². The van der Waals surface area contributed by atoms with E-state index in [0.29, 0.717) is 0 Å². The third-order valence-electron chi connectivity index (χ3n) is 2.13. The van der Waals surface area contributed by atoms with E-state index in [9.17, 15) is 0 Å². The lowest BCUT2D eigenvalue weighted by atomic mass is 10.1. The monoisotopic (exact) mass is 232 g/mol. The van der Waals surface area contributed by atoms with Crippen LogP contribution in [0.1, 0.15) is 17.5 Å². The van der Waals surface area contributed by atoms with E-state index in [1.165, 1.54) is 11.1 Å². The molecule has 0 unspecified atom stereocenters. The molecule has 0 saturated heterocycles. The van der Waals surface area contributed by atoms with Crippen LogP contribution in [0.3, 0.4) is 0 Å². The predicted octanol–water partition coefficient (Wildman–Crippen LogP) is 3.63. The molecule has 3 heteroatoms. The molecule has 0 spiro atoms. The van der Waals surface area contributed by atoms with Crippen LogP contribution in [-0.2, 0) is 6.42 Å². The minimum atomic E-state index is -1.38. The molecule has 72 valence electrons. The Hall–Kier alpha value is 0.0169. The van der Waals surface area contributed by atoms with Gasteiger partial charge in [-0.15, -0.1) is 0 Å². The maximum absolute atomic E-state index is 5.79. The maximum atomic E-state index is 5.79. The van der Waals surface area contributed by atoms with E-state index in [1.54, 1.807) is 0 Å². The van der Waals surface area contributed by atoms with E-state index in [-0.39, 0.29) is 0 Å². The van der Waals surface area contributed by atoms with E-state index >= 15 is 0 Å². The van der Waals surface area contributed by atoms with Crippen molar-refractivity contribution in [3.63, 3.8) is 0 Å². The van der Waals surface area contributed by atoms with E-state index in [1.807, 2.05) is 0 Å². The normalized spacial score (nSPS) is 10.8.